The number of nitrogens with zero attached hydrogens (tertiary/aromatic N) is 1. The van der Waals surface area contributed by atoms with Crippen molar-refractivity contribution in [3.63, 3.8) is 0 Å². The third kappa shape index (κ3) is 5.69. The molecule has 2 N–H and O–H groups in total. The van der Waals surface area contributed by atoms with Crippen molar-refractivity contribution < 1.29 is 18.0 Å². The Morgan fingerprint density at radius 2 is 2.11 bits per heavy atom. The highest BCUT2D eigenvalue weighted by Gasteiger charge is 2.28. The summed E-state index contributed by atoms with van der Waals surface area (Å²) < 4.78 is 35.9. The second-order valence-corrected chi connectivity index (χ2v) is 4.23. The van der Waals surface area contributed by atoms with Gasteiger partial charge >= 0.3 is 6.18 Å². The van der Waals surface area contributed by atoms with Gasteiger partial charge in [-0.1, -0.05) is 6.07 Å². The standard InChI is InChI=1S/C12H16F3N3O/c1-8(10-4-3-5-16-6-10)18-9(2)11(19)17-7-12(13,14)15/h3-6,8-9,18H,7H2,1-2H3,(H,17,19). The zero-order valence-electron chi connectivity index (χ0n) is 10.7. The van der Waals surface area contributed by atoms with E-state index in [1.54, 1.807) is 18.5 Å². The highest BCUT2D eigenvalue weighted by molar-refractivity contribution is 5.81. The summed E-state index contributed by atoms with van der Waals surface area (Å²) in [4.78, 5) is 15.4. The summed E-state index contributed by atoms with van der Waals surface area (Å²) in [5, 5.41) is 4.75. The fraction of sp³-hybridized carbons (Fsp3) is 0.500. The molecule has 0 aliphatic heterocycles. The highest BCUT2D eigenvalue weighted by Crippen LogP contribution is 2.13. The highest BCUT2D eigenvalue weighted by atomic mass is 19.4. The monoisotopic (exact) mass is 275 g/mol. The quantitative estimate of drug-likeness (QED) is 0.861. The average Bonchev–Trinajstić information content (AvgIpc) is 2.36. The van der Waals surface area contributed by atoms with Gasteiger partial charge in [-0.2, -0.15) is 13.2 Å². The van der Waals surface area contributed by atoms with E-state index >= 15 is 0 Å². The molecule has 0 aliphatic carbocycles. The summed E-state index contributed by atoms with van der Waals surface area (Å²) in [6, 6.07) is 2.67. The molecule has 0 aromatic carbocycles. The molecule has 0 bridgehead atoms. The number of halogens is 3. The summed E-state index contributed by atoms with van der Waals surface area (Å²) in [6.07, 6.45) is -1.14. The van der Waals surface area contributed by atoms with Gasteiger partial charge in [-0.05, 0) is 25.5 Å². The van der Waals surface area contributed by atoms with E-state index in [1.165, 1.54) is 6.92 Å². The van der Waals surface area contributed by atoms with Gasteiger partial charge < -0.3 is 5.32 Å². The van der Waals surface area contributed by atoms with Crippen LogP contribution < -0.4 is 10.6 Å². The van der Waals surface area contributed by atoms with E-state index in [0.717, 1.165) is 5.56 Å². The van der Waals surface area contributed by atoms with Crippen LogP contribution in [0.4, 0.5) is 13.2 Å². The Kier molecular flexibility index (Phi) is 5.29. The molecule has 0 saturated carbocycles. The average molecular weight is 275 g/mol. The van der Waals surface area contributed by atoms with Gasteiger partial charge in [-0.15, -0.1) is 0 Å². The summed E-state index contributed by atoms with van der Waals surface area (Å²) in [6.45, 7) is 2.00. The van der Waals surface area contributed by atoms with E-state index in [4.69, 9.17) is 0 Å². The predicted molar refractivity (Wildman–Crippen MR) is 64.3 cm³/mol. The number of aromatic nitrogens is 1. The van der Waals surface area contributed by atoms with Gasteiger partial charge in [-0.25, -0.2) is 0 Å². The molecule has 2 unspecified atom stereocenters. The number of alkyl halides is 3. The molecule has 106 valence electrons. The van der Waals surface area contributed by atoms with Crippen LogP contribution in [-0.4, -0.2) is 29.7 Å². The van der Waals surface area contributed by atoms with Crippen LogP contribution in [0.5, 0.6) is 0 Å². The Balaban J connectivity index is 2.46. The lowest BCUT2D eigenvalue weighted by Gasteiger charge is -2.20. The summed E-state index contributed by atoms with van der Waals surface area (Å²) >= 11 is 0. The molecule has 7 heteroatoms. The van der Waals surface area contributed by atoms with Crippen molar-refractivity contribution in [1.29, 1.82) is 0 Å². The molecule has 1 rings (SSSR count). The van der Waals surface area contributed by atoms with Crippen molar-refractivity contribution in [3.05, 3.63) is 30.1 Å². The molecule has 1 aromatic rings. The fourth-order valence-electron chi connectivity index (χ4n) is 1.52. The molecule has 1 heterocycles. The maximum Gasteiger partial charge on any atom is 0.405 e. The van der Waals surface area contributed by atoms with Crippen molar-refractivity contribution in [3.8, 4) is 0 Å². The molecule has 19 heavy (non-hydrogen) atoms. The van der Waals surface area contributed by atoms with Crippen molar-refractivity contribution in [2.75, 3.05) is 6.54 Å². The van der Waals surface area contributed by atoms with Crippen LogP contribution in [-0.2, 0) is 4.79 Å². The first-order chi connectivity index (χ1) is 8.79. The van der Waals surface area contributed by atoms with Crippen LogP contribution in [0.3, 0.4) is 0 Å². The van der Waals surface area contributed by atoms with Crippen LogP contribution in [0.1, 0.15) is 25.5 Å². The second-order valence-electron chi connectivity index (χ2n) is 4.23. The smallest absolute Gasteiger partial charge is 0.346 e. The van der Waals surface area contributed by atoms with Crippen LogP contribution in [0.2, 0.25) is 0 Å². The van der Waals surface area contributed by atoms with Gasteiger partial charge in [0, 0.05) is 18.4 Å². The number of carbonyl (C=O) groups is 1. The number of nitrogens with one attached hydrogen (secondary N) is 2. The molecule has 2 atom stereocenters. The van der Waals surface area contributed by atoms with Gasteiger partial charge in [0.15, 0.2) is 0 Å². The predicted octanol–water partition coefficient (Wildman–Crippen LogP) is 1.80. The Bertz CT molecular complexity index is 408. The minimum absolute atomic E-state index is 0.180. The van der Waals surface area contributed by atoms with Crippen LogP contribution in [0.15, 0.2) is 24.5 Å². The zero-order chi connectivity index (χ0) is 14.5. The SMILES string of the molecule is CC(NC(C)c1cccnc1)C(=O)NCC(F)(F)F. The van der Waals surface area contributed by atoms with E-state index in [1.807, 2.05) is 18.3 Å². The number of hydrogen-bond donors (Lipinski definition) is 2. The van der Waals surface area contributed by atoms with Crippen molar-refractivity contribution >= 4 is 5.91 Å². The van der Waals surface area contributed by atoms with E-state index < -0.39 is 24.7 Å². The molecular formula is C12H16F3N3O. The molecule has 1 aromatic heterocycles. The van der Waals surface area contributed by atoms with Crippen LogP contribution in [0, 0.1) is 0 Å². The molecule has 0 fully saturated rings. The fourth-order valence-corrected chi connectivity index (χ4v) is 1.52. The Hall–Kier alpha value is -1.63. The summed E-state index contributed by atoms with van der Waals surface area (Å²) in [7, 11) is 0. The normalized spacial score (nSPS) is 14.8. The maximum atomic E-state index is 12.0. The third-order valence-electron chi connectivity index (χ3n) is 2.54. The van der Waals surface area contributed by atoms with Crippen molar-refractivity contribution in [2.45, 2.75) is 32.1 Å². The molecule has 0 saturated heterocycles. The molecule has 0 radical (unpaired) electrons. The third-order valence-corrected chi connectivity index (χ3v) is 2.54. The first-order valence-electron chi connectivity index (χ1n) is 5.80. The number of pyridine rings is 1. The lowest BCUT2D eigenvalue weighted by molar-refractivity contribution is -0.139. The van der Waals surface area contributed by atoms with Gasteiger partial charge in [0.1, 0.15) is 6.54 Å². The topological polar surface area (TPSA) is 54.0 Å². The first-order valence-corrected chi connectivity index (χ1v) is 5.80. The second kappa shape index (κ2) is 6.51. The molecule has 1 amide bonds. The minimum Gasteiger partial charge on any atom is -0.346 e. The van der Waals surface area contributed by atoms with E-state index in [0.29, 0.717) is 0 Å². The number of hydrogen-bond acceptors (Lipinski definition) is 3. The largest absolute Gasteiger partial charge is 0.405 e. The van der Waals surface area contributed by atoms with Gasteiger partial charge in [0.05, 0.1) is 6.04 Å². The molecule has 0 aliphatic rings. The molecule has 0 spiro atoms. The molecule has 4 nitrogen and oxygen atoms in total. The van der Waals surface area contributed by atoms with E-state index in [2.05, 4.69) is 10.3 Å². The van der Waals surface area contributed by atoms with Gasteiger partial charge in [0.2, 0.25) is 5.91 Å². The number of rotatable bonds is 5. The van der Waals surface area contributed by atoms with Crippen LogP contribution >= 0.6 is 0 Å². The molecular weight excluding hydrogens is 259 g/mol. The zero-order valence-corrected chi connectivity index (χ0v) is 10.7. The number of amides is 1. The van der Waals surface area contributed by atoms with Crippen LogP contribution in [0.25, 0.3) is 0 Å². The Morgan fingerprint density at radius 3 is 2.63 bits per heavy atom. The van der Waals surface area contributed by atoms with Crippen molar-refractivity contribution in [2.24, 2.45) is 0 Å². The summed E-state index contributed by atoms with van der Waals surface area (Å²) in [5.74, 6) is -0.687. The lowest BCUT2D eigenvalue weighted by atomic mass is 10.1. The first kappa shape index (κ1) is 15.4. The van der Waals surface area contributed by atoms with Gasteiger partial charge in [0.25, 0.3) is 0 Å². The van der Waals surface area contributed by atoms with E-state index in [9.17, 15) is 18.0 Å². The maximum absolute atomic E-state index is 12.0. The Morgan fingerprint density at radius 1 is 1.42 bits per heavy atom. The number of carbonyl (C=O) groups excluding carboxylic acids is 1. The minimum atomic E-state index is -4.40. The Labute approximate surface area is 109 Å². The summed E-state index contributed by atoms with van der Waals surface area (Å²) in [5.41, 5.74) is 0.859. The lowest BCUT2D eigenvalue weighted by Crippen LogP contribution is -2.45. The van der Waals surface area contributed by atoms with Gasteiger partial charge in [-0.3, -0.25) is 15.1 Å². The van der Waals surface area contributed by atoms with E-state index in [-0.39, 0.29) is 6.04 Å². The van der Waals surface area contributed by atoms with Crippen molar-refractivity contribution in [1.82, 2.24) is 15.6 Å².